The van der Waals surface area contributed by atoms with Crippen molar-refractivity contribution in [2.75, 3.05) is 19.0 Å². The van der Waals surface area contributed by atoms with E-state index >= 15 is 0 Å². The minimum Gasteiger partial charge on any atom is -0.481 e. The van der Waals surface area contributed by atoms with Crippen LogP contribution in [0.15, 0.2) is 66.9 Å². The number of aliphatic carboxylic acids is 1. The van der Waals surface area contributed by atoms with E-state index in [1.807, 2.05) is 61.6 Å². The van der Waals surface area contributed by atoms with Crippen molar-refractivity contribution in [3.63, 3.8) is 0 Å². The molecule has 0 aliphatic heterocycles. The summed E-state index contributed by atoms with van der Waals surface area (Å²) in [5.41, 5.74) is 2.48. The Morgan fingerprint density at radius 2 is 1.55 bits per heavy atom. The summed E-state index contributed by atoms with van der Waals surface area (Å²) in [5, 5.41) is 13.2. The SMILES string of the molecule is CN(C)c1ccc(-c2ccc(C[C@H](NC(=O)OC(C)(C)C)[C@H](C[C@@H](Cc3ccccc3F)C(=O)O)O[Si](C)(C)C(C)(C)C)cc2)cn1. The second-order valence-corrected chi connectivity index (χ2v) is 19.7. The lowest BCUT2D eigenvalue weighted by atomic mass is 9.89. The first-order valence-corrected chi connectivity index (χ1v) is 19.0. The van der Waals surface area contributed by atoms with Crippen LogP contribution in [0.1, 0.15) is 59.1 Å². The van der Waals surface area contributed by atoms with Gasteiger partial charge >= 0.3 is 12.1 Å². The summed E-state index contributed by atoms with van der Waals surface area (Å²) in [6.07, 6.45) is 0.951. The van der Waals surface area contributed by atoms with Crippen molar-refractivity contribution >= 4 is 26.2 Å². The third-order valence-electron chi connectivity index (χ3n) is 8.64. The number of rotatable bonds is 13. The van der Waals surface area contributed by atoms with E-state index in [-0.39, 0.29) is 17.9 Å². The van der Waals surface area contributed by atoms with Gasteiger partial charge in [-0.15, -0.1) is 0 Å². The number of carbonyl (C=O) groups excluding carboxylic acids is 1. The molecule has 2 aromatic carbocycles. The second-order valence-electron chi connectivity index (χ2n) is 14.9. The lowest BCUT2D eigenvalue weighted by Crippen LogP contribution is -2.54. The molecule has 256 valence electrons. The van der Waals surface area contributed by atoms with E-state index in [9.17, 15) is 19.1 Å². The molecule has 3 aromatic rings. The fraction of sp³-hybridized carbons (Fsp3) is 0.486. The van der Waals surface area contributed by atoms with E-state index in [4.69, 9.17) is 9.16 Å². The molecule has 47 heavy (non-hydrogen) atoms. The van der Waals surface area contributed by atoms with Crippen LogP contribution in [-0.4, -0.2) is 62.3 Å². The Kier molecular flexibility index (Phi) is 12.4. The van der Waals surface area contributed by atoms with Gasteiger partial charge in [0.2, 0.25) is 0 Å². The molecule has 3 rings (SSSR count). The number of nitrogens with zero attached hydrogens (tertiary/aromatic N) is 2. The van der Waals surface area contributed by atoms with Crippen molar-refractivity contribution in [3.8, 4) is 11.1 Å². The van der Waals surface area contributed by atoms with Crippen molar-refractivity contribution < 1.29 is 28.2 Å². The maximum atomic E-state index is 14.7. The highest BCUT2D eigenvalue weighted by Gasteiger charge is 2.42. The molecule has 0 bridgehead atoms. The smallest absolute Gasteiger partial charge is 0.407 e. The molecule has 8 nitrogen and oxygen atoms in total. The molecule has 0 fully saturated rings. The van der Waals surface area contributed by atoms with Gasteiger partial charge in [-0.05, 0) is 93.1 Å². The van der Waals surface area contributed by atoms with Gasteiger partial charge in [-0.25, -0.2) is 14.2 Å². The number of benzene rings is 2. The highest BCUT2D eigenvalue weighted by Crippen LogP contribution is 2.39. The Morgan fingerprint density at radius 1 is 0.936 bits per heavy atom. The molecule has 1 aromatic heterocycles. The normalized spacial score (nSPS) is 14.2. The fourth-order valence-electron chi connectivity index (χ4n) is 4.97. The predicted molar refractivity (Wildman–Crippen MR) is 189 cm³/mol. The van der Waals surface area contributed by atoms with Crippen molar-refractivity contribution in [2.45, 2.75) is 96.7 Å². The minimum atomic E-state index is -2.49. The van der Waals surface area contributed by atoms with Crippen LogP contribution in [0.25, 0.3) is 11.1 Å². The van der Waals surface area contributed by atoms with Gasteiger partial charge < -0.3 is 24.5 Å². The highest BCUT2D eigenvalue weighted by molar-refractivity contribution is 6.74. The van der Waals surface area contributed by atoms with Crippen molar-refractivity contribution in [1.82, 2.24) is 10.3 Å². The zero-order valence-electron chi connectivity index (χ0n) is 29.6. The molecule has 0 spiro atoms. The molecular weight excluding hydrogens is 614 g/mol. The number of halogens is 1. The molecule has 2 N–H and O–H groups in total. The molecule has 1 amide bonds. The molecule has 0 saturated carbocycles. The molecule has 3 atom stereocenters. The van der Waals surface area contributed by atoms with Crippen LogP contribution in [0.2, 0.25) is 18.1 Å². The number of amides is 1. The van der Waals surface area contributed by atoms with Crippen LogP contribution in [-0.2, 0) is 26.8 Å². The summed E-state index contributed by atoms with van der Waals surface area (Å²) in [7, 11) is 1.40. The number of ether oxygens (including phenoxy) is 1. The quantitative estimate of drug-likeness (QED) is 0.178. The number of nitrogens with one attached hydrogen (secondary N) is 1. The van der Waals surface area contributed by atoms with E-state index in [0.29, 0.717) is 12.0 Å². The van der Waals surface area contributed by atoms with Crippen molar-refractivity contribution in [1.29, 1.82) is 0 Å². The molecule has 0 unspecified atom stereocenters. The van der Waals surface area contributed by atoms with E-state index in [0.717, 1.165) is 22.5 Å². The maximum absolute atomic E-state index is 14.7. The molecule has 0 saturated heterocycles. The van der Waals surface area contributed by atoms with Gasteiger partial charge in [-0.2, -0.15) is 0 Å². The van der Waals surface area contributed by atoms with Crippen LogP contribution in [0.5, 0.6) is 0 Å². The van der Waals surface area contributed by atoms with Gasteiger partial charge in [0.1, 0.15) is 17.2 Å². The third kappa shape index (κ3) is 11.2. The number of carboxylic acid groups (broad SMARTS) is 1. The lowest BCUT2D eigenvalue weighted by Gasteiger charge is -2.42. The molecule has 0 aliphatic carbocycles. The summed E-state index contributed by atoms with van der Waals surface area (Å²) in [5.74, 6) is -1.59. The standard InChI is InChI=1S/C37H52FN3O5Si/c1-36(2,3)45-35(44)40-31(21-25-15-17-26(18-16-25)28-19-20-33(39-24-28)41(7)8)32(46-47(9,10)37(4,5)6)23-29(34(42)43)22-27-13-11-12-14-30(27)38/h11-20,24,29,31-32H,21-23H2,1-10H3,(H,40,44)(H,42,43)/t29-,31+,32+/m1/s1. The van der Waals surface area contributed by atoms with Gasteiger partial charge in [0, 0.05) is 25.9 Å². The van der Waals surface area contributed by atoms with Crippen molar-refractivity contribution in [3.05, 3.63) is 83.8 Å². The summed E-state index contributed by atoms with van der Waals surface area (Å²) < 4.78 is 27.3. The Bertz CT molecular complexity index is 1480. The molecule has 10 heteroatoms. The van der Waals surface area contributed by atoms with Gasteiger partial charge in [0.05, 0.1) is 18.1 Å². The van der Waals surface area contributed by atoms with Gasteiger partial charge in [0.15, 0.2) is 8.32 Å². The van der Waals surface area contributed by atoms with Gasteiger partial charge in [-0.1, -0.05) is 63.2 Å². The Hall–Kier alpha value is -3.76. The topological polar surface area (TPSA) is 101 Å². The van der Waals surface area contributed by atoms with E-state index in [1.54, 1.807) is 39.0 Å². The largest absolute Gasteiger partial charge is 0.481 e. The Balaban J connectivity index is 2.01. The van der Waals surface area contributed by atoms with Gasteiger partial charge in [0.25, 0.3) is 0 Å². The van der Waals surface area contributed by atoms with E-state index < -0.39 is 49.9 Å². The molecular formula is C37H52FN3O5Si. The van der Waals surface area contributed by atoms with Crippen LogP contribution in [0.3, 0.4) is 0 Å². The monoisotopic (exact) mass is 665 g/mol. The van der Waals surface area contributed by atoms with Crippen LogP contribution in [0, 0.1) is 11.7 Å². The first-order valence-electron chi connectivity index (χ1n) is 16.1. The van der Waals surface area contributed by atoms with Crippen LogP contribution >= 0.6 is 0 Å². The summed E-state index contributed by atoms with van der Waals surface area (Å²) in [6, 6.07) is 17.6. The van der Waals surface area contributed by atoms with Crippen LogP contribution < -0.4 is 10.2 Å². The molecule has 0 aliphatic rings. The fourth-order valence-corrected chi connectivity index (χ4v) is 6.34. The van der Waals surface area contributed by atoms with Crippen LogP contribution in [0.4, 0.5) is 15.0 Å². The highest BCUT2D eigenvalue weighted by atomic mass is 28.4. The predicted octanol–water partition coefficient (Wildman–Crippen LogP) is 8.11. The first kappa shape index (κ1) is 37.7. The summed E-state index contributed by atoms with van der Waals surface area (Å²) >= 11 is 0. The summed E-state index contributed by atoms with van der Waals surface area (Å²) in [4.78, 5) is 32.4. The number of carbonyl (C=O) groups is 2. The third-order valence-corrected chi connectivity index (χ3v) is 13.1. The number of anilines is 1. The van der Waals surface area contributed by atoms with E-state index in [1.165, 1.54) is 6.07 Å². The maximum Gasteiger partial charge on any atom is 0.407 e. The second kappa shape index (κ2) is 15.4. The Morgan fingerprint density at radius 3 is 2.06 bits per heavy atom. The lowest BCUT2D eigenvalue weighted by molar-refractivity contribution is -0.142. The van der Waals surface area contributed by atoms with Crippen molar-refractivity contribution in [2.24, 2.45) is 5.92 Å². The summed E-state index contributed by atoms with van der Waals surface area (Å²) in [6.45, 7) is 15.9. The Labute approximate surface area is 280 Å². The zero-order chi connectivity index (χ0) is 35.2. The number of aromatic nitrogens is 1. The van der Waals surface area contributed by atoms with E-state index in [2.05, 4.69) is 44.2 Å². The minimum absolute atomic E-state index is 0.00608. The number of hydrogen-bond donors (Lipinski definition) is 2. The molecule has 1 heterocycles. The average Bonchev–Trinajstić information content (AvgIpc) is 2.95. The number of alkyl carbamates (subject to hydrolysis) is 1. The average molecular weight is 666 g/mol. The number of pyridine rings is 1. The number of carboxylic acids is 1. The number of hydrogen-bond acceptors (Lipinski definition) is 6. The molecule has 0 radical (unpaired) electrons. The first-order chi connectivity index (χ1) is 21.8. The zero-order valence-corrected chi connectivity index (χ0v) is 30.6. The van der Waals surface area contributed by atoms with Gasteiger partial charge in [-0.3, -0.25) is 4.79 Å².